The van der Waals surface area contributed by atoms with Crippen LogP contribution >= 0.6 is 0 Å². The first-order chi connectivity index (χ1) is 22.8. The number of amides is 1. The number of esters is 1. The first kappa shape index (κ1) is 34.8. The smallest absolute Gasteiger partial charge is 0.336 e. The molecule has 2 aliphatic rings. The SMILES string of the molecule is CCC1=C(C(=O)OCCC#N)C(c2ccc([N+](=O)[O-])cc2)C(N(C=O)CCCN2CCC(C#N)(c3ccccc3)CC2)=C(COC)N1. The summed E-state index contributed by atoms with van der Waals surface area (Å²) in [7, 11) is 1.53. The third kappa shape index (κ3) is 8.04. The molecule has 47 heavy (non-hydrogen) atoms. The van der Waals surface area contributed by atoms with Crippen LogP contribution in [0.3, 0.4) is 0 Å². The molecule has 0 aliphatic carbocycles. The third-order valence-corrected chi connectivity index (χ3v) is 8.80. The molecule has 246 valence electrons. The number of carbonyl (C=O) groups excluding carboxylic acids is 2. The highest BCUT2D eigenvalue weighted by Crippen LogP contribution is 2.41. The number of rotatable bonds is 15. The molecule has 2 heterocycles. The van der Waals surface area contributed by atoms with Gasteiger partial charge in [-0.1, -0.05) is 49.4 Å². The third-order valence-electron chi connectivity index (χ3n) is 8.80. The van der Waals surface area contributed by atoms with Crippen molar-refractivity contribution in [1.29, 1.82) is 10.5 Å². The number of non-ortho nitro benzene ring substituents is 1. The van der Waals surface area contributed by atoms with E-state index in [9.17, 15) is 25.0 Å². The van der Waals surface area contributed by atoms with Crippen molar-refractivity contribution in [2.75, 3.05) is 46.5 Å². The molecule has 0 aromatic heterocycles. The summed E-state index contributed by atoms with van der Waals surface area (Å²) in [5, 5.41) is 33.8. The van der Waals surface area contributed by atoms with Gasteiger partial charge in [0.2, 0.25) is 6.41 Å². The van der Waals surface area contributed by atoms with E-state index < -0.39 is 22.2 Å². The molecule has 1 amide bonds. The second-order valence-corrected chi connectivity index (χ2v) is 11.5. The second-order valence-electron chi connectivity index (χ2n) is 11.5. The number of allylic oxidation sites excluding steroid dienone is 2. The maximum Gasteiger partial charge on any atom is 0.336 e. The van der Waals surface area contributed by atoms with Crippen LogP contribution < -0.4 is 5.32 Å². The van der Waals surface area contributed by atoms with Crippen molar-refractivity contribution < 1.29 is 24.0 Å². The lowest BCUT2D eigenvalue weighted by atomic mass is 9.74. The molecule has 0 spiro atoms. The van der Waals surface area contributed by atoms with Gasteiger partial charge >= 0.3 is 5.97 Å². The number of nitrogens with zero attached hydrogens (tertiary/aromatic N) is 5. The number of methoxy groups -OCH3 is 1. The van der Waals surface area contributed by atoms with E-state index in [4.69, 9.17) is 14.7 Å². The number of hydrogen-bond donors (Lipinski definition) is 1. The molecule has 2 aliphatic heterocycles. The van der Waals surface area contributed by atoms with Crippen LogP contribution in [0.5, 0.6) is 0 Å². The summed E-state index contributed by atoms with van der Waals surface area (Å²) in [4.78, 5) is 41.2. The molecule has 1 fully saturated rings. The predicted octanol–water partition coefficient (Wildman–Crippen LogP) is 4.67. The van der Waals surface area contributed by atoms with Crippen molar-refractivity contribution >= 4 is 18.1 Å². The molecule has 4 rings (SSSR count). The van der Waals surface area contributed by atoms with Crippen LogP contribution in [0, 0.1) is 32.8 Å². The number of ether oxygens (including phenoxy) is 2. The summed E-state index contributed by atoms with van der Waals surface area (Å²) in [6, 6.07) is 20.3. The lowest BCUT2D eigenvalue weighted by molar-refractivity contribution is -0.384. The summed E-state index contributed by atoms with van der Waals surface area (Å²) < 4.78 is 11.0. The molecule has 2 aromatic carbocycles. The molecule has 1 N–H and O–H groups in total. The van der Waals surface area contributed by atoms with Gasteiger partial charge in [0.25, 0.3) is 5.69 Å². The molecule has 1 atom stereocenters. The van der Waals surface area contributed by atoms with Crippen LogP contribution in [0.4, 0.5) is 5.69 Å². The molecular formula is C35H40N6O6. The standard InChI is InChI=1S/C35H40N6O6/c1-3-29-32(34(43)47-22-7-17-36)31(26-11-13-28(14-12-26)41(44)45)33(30(38-29)23-46-2)40(25-42)19-8-18-39-20-15-35(24-37,16-21-39)27-9-5-4-6-10-27/h4-6,9-14,25,31,38H,3,7-8,15-16,18-23H2,1-2H3. The number of likely N-dealkylation sites (tertiary alicyclic amines) is 1. The number of nitro benzene ring substituents is 1. The molecule has 0 radical (unpaired) electrons. The monoisotopic (exact) mass is 640 g/mol. The van der Waals surface area contributed by atoms with E-state index in [-0.39, 0.29) is 30.9 Å². The lowest BCUT2D eigenvalue weighted by Gasteiger charge is -2.39. The fraction of sp³-hybridized carbons (Fsp3) is 0.429. The zero-order valence-corrected chi connectivity index (χ0v) is 26.8. The van der Waals surface area contributed by atoms with E-state index in [0.29, 0.717) is 61.4 Å². The van der Waals surface area contributed by atoms with Crippen molar-refractivity contribution in [3.8, 4) is 12.1 Å². The summed E-state index contributed by atoms with van der Waals surface area (Å²) in [5.74, 6) is -1.44. The van der Waals surface area contributed by atoms with Crippen LogP contribution in [-0.4, -0.2) is 73.6 Å². The Bertz CT molecular complexity index is 1570. The summed E-state index contributed by atoms with van der Waals surface area (Å²) >= 11 is 0. The molecule has 1 saturated heterocycles. The Morgan fingerprint density at radius 3 is 2.43 bits per heavy atom. The van der Waals surface area contributed by atoms with Crippen molar-refractivity contribution in [3.63, 3.8) is 0 Å². The van der Waals surface area contributed by atoms with Gasteiger partial charge in [0.15, 0.2) is 0 Å². The number of hydrogen-bond acceptors (Lipinski definition) is 10. The van der Waals surface area contributed by atoms with Crippen LogP contribution in [0.2, 0.25) is 0 Å². The van der Waals surface area contributed by atoms with Gasteiger partial charge in [-0.25, -0.2) is 4.79 Å². The Kier molecular flexibility index (Phi) is 12.2. The van der Waals surface area contributed by atoms with Crippen molar-refractivity contribution in [2.24, 2.45) is 0 Å². The molecule has 1 unspecified atom stereocenters. The molecule has 0 bridgehead atoms. The normalized spacial score (nSPS) is 17.7. The minimum absolute atomic E-state index is 0.0194. The van der Waals surface area contributed by atoms with Crippen LogP contribution in [0.1, 0.15) is 56.1 Å². The van der Waals surface area contributed by atoms with Gasteiger partial charge in [0.1, 0.15) is 6.61 Å². The van der Waals surface area contributed by atoms with E-state index in [2.05, 4.69) is 16.3 Å². The quantitative estimate of drug-likeness (QED) is 0.0952. The van der Waals surface area contributed by atoms with E-state index in [1.807, 2.05) is 43.3 Å². The minimum atomic E-state index is -0.797. The minimum Gasteiger partial charge on any atom is -0.461 e. The maximum absolute atomic E-state index is 13.6. The van der Waals surface area contributed by atoms with E-state index in [1.165, 1.54) is 19.2 Å². The van der Waals surface area contributed by atoms with Crippen LogP contribution in [0.15, 0.2) is 77.3 Å². The molecule has 12 heteroatoms. The number of carbonyl (C=O) groups is 2. The van der Waals surface area contributed by atoms with Gasteiger partial charge in [0, 0.05) is 31.5 Å². The lowest BCUT2D eigenvalue weighted by Crippen LogP contribution is -2.43. The number of dihydropyridines is 1. The number of piperidine rings is 1. The molecule has 2 aromatic rings. The Morgan fingerprint density at radius 2 is 1.85 bits per heavy atom. The van der Waals surface area contributed by atoms with Gasteiger partial charge in [-0.3, -0.25) is 14.9 Å². The number of benzene rings is 2. The summed E-state index contributed by atoms with van der Waals surface area (Å²) in [5.41, 5.74) is 2.91. The first-order valence-corrected chi connectivity index (χ1v) is 15.7. The number of nitrogens with one attached hydrogen (secondary N) is 1. The Hall–Kier alpha value is -5.04. The Balaban J connectivity index is 1.60. The highest BCUT2D eigenvalue weighted by Gasteiger charge is 2.39. The molecule has 0 saturated carbocycles. The van der Waals surface area contributed by atoms with Crippen LogP contribution in [-0.2, 0) is 24.5 Å². The largest absolute Gasteiger partial charge is 0.461 e. The highest BCUT2D eigenvalue weighted by molar-refractivity contribution is 5.93. The Labute approximate surface area is 275 Å². The fourth-order valence-corrected chi connectivity index (χ4v) is 6.37. The Morgan fingerprint density at radius 1 is 1.15 bits per heavy atom. The van der Waals surface area contributed by atoms with Crippen molar-refractivity contribution in [3.05, 3.63) is 98.5 Å². The fourth-order valence-electron chi connectivity index (χ4n) is 6.37. The van der Waals surface area contributed by atoms with Gasteiger partial charge < -0.3 is 24.6 Å². The molecule has 12 nitrogen and oxygen atoms in total. The zero-order valence-electron chi connectivity index (χ0n) is 26.8. The second kappa shape index (κ2) is 16.5. The van der Waals surface area contributed by atoms with Gasteiger partial charge in [0.05, 0.1) is 58.4 Å². The van der Waals surface area contributed by atoms with Gasteiger partial charge in [-0.2, -0.15) is 10.5 Å². The topological polar surface area (TPSA) is 162 Å². The highest BCUT2D eigenvalue weighted by atomic mass is 16.6. The average molecular weight is 641 g/mol. The van der Waals surface area contributed by atoms with Crippen molar-refractivity contribution in [1.82, 2.24) is 15.1 Å². The first-order valence-electron chi connectivity index (χ1n) is 15.7. The van der Waals surface area contributed by atoms with Gasteiger partial charge in [-0.15, -0.1) is 0 Å². The number of nitriles is 2. The number of nitro groups is 1. The zero-order chi connectivity index (χ0) is 33.8. The van der Waals surface area contributed by atoms with Crippen LogP contribution in [0.25, 0.3) is 0 Å². The predicted molar refractivity (Wildman–Crippen MR) is 173 cm³/mol. The van der Waals surface area contributed by atoms with E-state index in [1.54, 1.807) is 17.0 Å². The summed E-state index contributed by atoms with van der Waals surface area (Å²) in [6.07, 6.45) is 3.21. The maximum atomic E-state index is 13.6. The van der Waals surface area contributed by atoms with Crippen molar-refractivity contribution in [2.45, 2.75) is 50.4 Å². The molecular weight excluding hydrogens is 600 g/mol. The average Bonchev–Trinajstić information content (AvgIpc) is 3.10. The van der Waals surface area contributed by atoms with Gasteiger partial charge in [-0.05, 0) is 56.4 Å². The summed E-state index contributed by atoms with van der Waals surface area (Å²) in [6.45, 7) is 4.41. The van der Waals surface area contributed by atoms with E-state index >= 15 is 0 Å². The van der Waals surface area contributed by atoms with E-state index in [0.717, 1.165) is 25.1 Å².